The van der Waals surface area contributed by atoms with Gasteiger partial charge in [0.2, 0.25) is 5.91 Å². The number of benzene rings is 2. The average molecular weight is 433 g/mol. The second-order valence-corrected chi connectivity index (χ2v) is 9.13. The third-order valence-corrected chi connectivity index (χ3v) is 6.86. The van der Waals surface area contributed by atoms with Crippen LogP contribution in [0.4, 0.5) is 11.4 Å². The van der Waals surface area contributed by atoms with Crippen LogP contribution >= 0.6 is 0 Å². The topological polar surface area (TPSA) is 105 Å². The maximum absolute atomic E-state index is 12.8. The van der Waals surface area contributed by atoms with E-state index in [1.54, 1.807) is 37.3 Å². The van der Waals surface area contributed by atoms with Crippen LogP contribution in [0.15, 0.2) is 64.8 Å². The normalized spacial score (nSPS) is 12.0. The van der Waals surface area contributed by atoms with Gasteiger partial charge in [0.15, 0.2) is 16.6 Å². The molecule has 7 nitrogen and oxygen atoms in total. The molecular weight excluding hydrogens is 404 g/mol. The Hall–Kier alpha value is -3.00. The van der Waals surface area contributed by atoms with Crippen molar-refractivity contribution in [1.82, 2.24) is 0 Å². The fourth-order valence-corrected chi connectivity index (χ4v) is 4.31. The molecule has 0 radical (unpaired) electrons. The van der Waals surface area contributed by atoms with Gasteiger partial charge in [-0.1, -0.05) is 25.1 Å². The fourth-order valence-electron chi connectivity index (χ4n) is 2.67. The molecule has 0 aromatic heterocycles. The van der Waals surface area contributed by atoms with E-state index in [4.69, 9.17) is 4.74 Å². The second kappa shape index (κ2) is 10.2. The van der Waals surface area contributed by atoms with Gasteiger partial charge < -0.3 is 20.5 Å². The summed E-state index contributed by atoms with van der Waals surface area (Å²) in [5, 5.41) is 14.5. The van der Waals surface area contributed by atoms with Crippen molar-refractivity contribution in [3.8, 4) is 5.75 Å². The van der Waals surface area contributed by atoms with Gasteiger partial charge in [-0.05, 0) is 57.0 Å². The molecule has 0 spiro atoms. The van der Waals surface area contributed by atoms with Crippen LogP contribution in [0, 0.1) is 0 Å². The third kappa shape index (κ3) is 5.76. The van der Waals surface area contributed by atoms with Gasteiger partial charge in [0.1, 0.15) is 11.0 Å². The number of hydrogen-bond donors (Lipinski definition) is 3. The van der Waals surface area contributed by atoms with Gasteiger partial charge in [-0.3, -0.25) is 4.79 Å². The zero-order chi connectivity index (χ0) is 22.3. The molecule has 1 unspecified atom stereocenters. The Bertz CT molecular complexity index is 1010. The van der Waals surface area contributed by atoms with Crippen LogP contribution < -0.4 is 10.6 Å². The monoisotopic (exact) mass is 432 g/mol. The number of phenolic OH excluding ortho intramolecular Hbond substituents is 1. The van der Waals surface area contributed by atoms with Crippen molar-refractivity contribution in [2.24, 2.45) is 0 Å². The molecule has 162 valence electrons. The zero-order valence-corrected chi connectivity index (χ0v) is 18.4. The SMILES string of the molecule is CCC(C(=O)Nc1ccc(NCOC(C)=C(C)C)c(O)c1)S(=O)(=O)c1ccccc1. The maximum Gasteiger partial charge on any atom is 0.243 e. The van der Waals surface area contributed by atoms with Crippen LogP contribution in [0.1, 0.15) is 34.1 Å². The number of amides is 1. The van der Waals surface area contributed by atoms with Crippen molar-refractivity contribution in [2.45, 2.75) is 44.3 Å². The number of phenols is 1. The predicted molar refractivity (Wildman–Crippen MR) is 118 cm³/mol. The van der Waals surface area contributed by atoms with Crippen molar-refractivity contribution in [1.29, 1.82) is 0 Å². The second-order valence-electron chi connectivity index (χ2n) is 7.00. The molecule has 2 aromatic rings. The van der Waals surface area contributed by atoms with Crippen LogP contribution in [0.2, 0.25) is 0 Å². The van der Waals surface area contributed by atoms with E-state index in [-0.39, 0.29) is 23.8 Å². The Labute approximate surface area is 177 Å². The Morgan fingerprint density at radius 1 is 1.10 bits per heavy atom. The average Bonchev–Trinajstić information content (AvgIpc) is 2.70. The molecule has 0 aliphatic carbocycles. The van der Waals surface area contributed by atoms with Crippen molar-refractivity contribution in [3.05, 3.63) is 59.9 Å². The lowest BCUT2D eigenvalue weighted by Gasteiger charge is -2.17. The molecule has 0 bridgehead atoms. The molecule has 3 N–H and O–H groups in total. The minimum absolute atomic E-state index is 0.0924. The lowest BCUT2D eigenvalue weighted by molar-refractivity contribution is -0.115. The summed E-state index contributed by atoms with van der Waals surface area (Å²) in [4.78, 5) is 12.8. The number of carbonyl (C=O) groups is 1. The fraction of sp³-hybridized carbons (Fsp3) is 0.318. The lowest BCUT2D eigenvalue weighted by atomic mass is 10.2. The van der Waals surface area contributed by atoms with Gasteiger partial charge in [-0.25, -0.2) is 8.42 Å². The molecule has 8 heteroatoms. The number of rotatable bonds is 9. The molecule has 1 amide bonds. The molecule has 0 fully saturated rings. The van der Waals surface area contributed by atoms with Crippen molar-refractivity contribution in [3.63, 3.8) is 0 Å². The molecule has 2 rings (SSSR count). The largest absolute Gasteiger partial charge is 0.506 e. The van der Waals surface area contributed by atoms with E-state index in [2.05, 4.69) is 10.6 Å². The van der Waals surface area contributed by atoms with Crippen LogP contribution in [-0.2, 0) is 19.4 Å². The van der Waals surface area contributed by atoms with Crippen LogP contribution in [0.3, 0.4) is 0 Å². The summed E-state index contributed by atoms with van der Waals surface area (Å²) in [5.41, 5.74) is 1.78. The highest BCUT2D eigenvalue weighted by atomic mass is 32.2. The summed E-state index contributed by atoms with van der Waals surface area (Å²) in [6.45, 7) is 7.54. The lowest BCUT2D eigenvalue weighted by Crippen LogP contribution is -2.34. The standard InChI is InChI=1S/C22H28N2O5S/c1-5-21(30(27,28)18-9-7-6-8-10-18)22(26)24-17-11-12-19(20(25)13-17)23-14-29-16(4)15(2)3/h6-13,21,23,25H,5,14H2,1-4H3,(H,24,26). The molecule has 0 saturated carbocycles. The number of allylic oxidation sites excluding steroid dienone is 2. The Morgan fingerprint density at radius 3 is 2.33 bits per heavy atom. The minimum atomic E-state index is -3.82. The van der Waals surface area contributed by atoms with E-state index >= 15 is 0 Å². The van der Waals surface area contributed by atoms with Crippen LogP contribution in [-0.4, -0.2) is 31.4 Å². The van der Waals surface area contributed by atoms with Gasteiger partial charge >= 0.3 is 0 Å². The number of anilines is 2. The first-order chi connectivity index (χ1) is 14.2. The molecule has 0 aliphatic rings. The highest BCUT2D eigenvalue weighted by Gasteiger charge is 2.32. The quantitative estimate of drug-likeness (QED) is 0.310. The first kappa shape index (κ1) is 23.3. The summed E-state index contributed by atoms with van der Waals surface area (Å²) in [6, 6.07) is 12.4. The maximum atomic E-state index is 12.8. The van der Waals surface area contributed by atoms with E-state index in [0.717, 1.165) is 11.3 Å². The van der Waals surface area contributed by atoms with E-state index in [9.17, 15) is 18.3 Å². The van der Waals surface area contributed by atoms with Crippen molar-refractivity contribution >= 4 is 27.1 Å². The molecule has 0 aliphatic heterocycles. The first-order valence-electron chi connectivity index (χ1n) is 9.60. The third-order valence-electron chi connectivity index (χ3n) is 4.63. The van der Waals surface area contributed by atoms with Gasteiger partial charge in [-0.15, -0.1) is 0 Å². The molecule has 30 heavy (non-hydrogen) atoms. The summed E-state index contributed by atoms with van der Waals surface area (Å²) >= 11 is 0. The van der Waals surface area contributed by atoms with E-state index in [1.807, 2.05) is 20.8 Å². The molecule has 0 saturated heterocycles. The number of sulfone groups is 1. The van der Waals surface area contributed by atoms with Crippen LogP contribution in [0.5, 0.6) is 5.75 Å². The molecular formula is C22H28N2O5S. The number of hydrogen-bond acceptors (Lipinski definition) is 6. The molecule has 0 heterocycles. The van der Waals surface area contributed by atoms with E-state index in [0.29, 0.717) is 11.4 Å². The van der Waals surface area contributed by atoms with Gasteiger partial charge in [0.25, 0.3) is 0 Å². The highest BCUT2D eigenvalue weighted by molar-refractivity contribution is 7.92. The van der Waals surface area contributed by atoms with Gasteiger partial charge in [0, 0.05) is 11.8 Å². The van der Waals surface area contributed by atoms with Gasteiger partial charge in [-0.2, -0.15) is 0 Å². The number of carbonyl (C=O) groups excluding carboxylic acids is 1. The smallest absolute Gasteiger partial charge is 0.243 e. The van der Waals surface area contributed by atoms with E-state index < -0.39 is 21.0 Å². The van der Waals surface area contributed by atoms with Crippen LogP contribution in [0.25, 0.3) is 0 Å². The predicted octanol–water partition coefficient (Wildman–Crippen LogP) is 4.28. The van der Waals surface area contributed by atoms with E-state index in [1.165, 1.54) is 18.2 Å². The van der Waals surface area contributed by atoms with Gasteiger partial charge in [0.05, 0.1) is 16.3 Å². The minimum Gasteiger partial charge on any atom is -0.506 e. The van der Waals surface area contributed by atoms with Crippen molar-refractivity contribution < 1.29 is 23.1 Å². The zero-order valence-electron chi connectivity index (χ0n) is 17.6. The number of ether oxygens (including phenoxy) is 1. The Balaban J connectivity index is 2.09. The summed E-state index contributed by atoms with van der Waals surface area (Å²) in [6.07, 6.45) is 0.121. The molecule has 1 atom stereocenters. The summed E-state index contributed by atoms with van der Waals surface area (Å²) < 4.78 is 31.1. The highest BCUT2D eigenvalue weighted by Crippen LogP contribution is 2.28. The Morgan fingerprint density at radius 2 is 1.77 bits per heavy atom. The summed E-state index contributed by atoms with van der Waals surface area (Å²) in [7, 11) is -3.82. The Kier molecular flexibility index (Phi) is 7.88. The molecule has 2 aromatic carbocycles. The first-order valence-corrected chi connectivity index (χ1v) is 11.1. The number of aromatic hydroxyl groups is 1. The van der Waals surface area contributed by atoms with Crippen molar-refractivity contribution in [2.75, 3.05) is 17.4 Å². The number of nitrogens with one attached hydrogen (secondary N) is 2. The summed E-state index contributed by atoms with van der Waals surface area (Å²) in [5.74, 6) is 0.0466.